The summed E-state index contributed by atoms with van der Waals surface area (Å²) in [7, 11) is -13.1. The SMILES string of the molecule is O=C(O)c1cccc(S(=O)(=O)N2CCC(NS(=O)(=O)c3c[nH]c4c(S(=O)(=O)c5ccccc5)ccc(C(F)(F)F)c34)CC2)c1. The Balaban J connectivity index is 1.44. The van der Waals surface area contributed by atoms with Crippen molar-refractivity contribution in [3.8, 4) is 0 Å². The lowest BCUT2D eigenvalue weighted by atomic mass is 10.1. The predicted molar refractivity (Wildman–Crippen MR) is 151 cm³/mol. The number of nitrogens with zero attached hydrogens (tertiary/aromatic N) is 1. The van der Waals surface area contributed by atoms with Gasteiger partial charge in [0.2, 0.25) is 29.9 Å². The van der Waals surface area contributed by atoms with Gasteiger partial charge < -0.3 is 10.1 Å². The Morgan fingerprint density at radius 2 is 1.50 bits per heavy atom. The van der Waals surface area contributed by atoms with Crippen molar-refractivity contribution in [2.45, 2.75) is 44.6 Å². The molecule has 234 valence electrons. The summed E-state index contributed by atoms with van der Waals surface area (Å²) in [4.78, 5) is 11.9. The van der Waals surface area contributed by atoms with Crippen LogP contribution in [0.1, 0.15) is 28.8 Å². The molecule has 1 aromatic heterocycles. The van der Waals surface area contributed by atoms with Crippen LogP contribution in [0.2, 0.25) is 0 Å². The zero-order valence-corrected chi connectivity index (χ0v) is 24.9. The van der Waals surface area contributed by atoms with Crippen LogP contribution in [0.15, 0.2) is 92.5 Å². The number of sulfone groups is 1. The highest BCUT2D eigenvalue weighted by Gasteiger charge is 2.39. The highest BCUT2D eigenvalue weighted by atomic mass is 32.2. The molecular formula is C27H24F3N3O8S3. The molecule has 17 heteroatoms. The number of hydrogen-bond donors (Lipinski definition) is 3. The third-order valence-electron chi connectivity index (χ3n) is 7.19. The Hall–Kier alpha value is -3.77. The van der Waals surface area contributed by atoms with E-state index in [9.17, 15) is 48.3 Å². The molecule has 2 heterocycles. The molecule has 3 aromatic carbocycles. The minimum absolute atomic E-state index is 0.0425. The largest absolute Gasteiger partial charge is 0.478 e. The molecule has 0 amide bonds. The summed E-state index contributed by atoms with van der Waals surface area (Å²) in [5, 5.41) is 8.33. The van der Waals surface area contributed by atoms with Crippen LogP contribution in [0.4, 0.5) is 13.2 Å². The molecule has 0 aliphatic carbocycles. The van der Waals surface area contributed by atoms with Crippen LogP contribution in [-0.2, 0) is 36.1 Å². The van der Waals surface area contributed by atoms with E-state index in [0.29, 0.717) is 6.07 Å². The number of sulfonamides is 2. The average molecular weight is 672 g/mol. The lowest BCUT2D eigenvalue weighted by Gasteiger charge is -2.31. The van der Waals surface area contributed by atoms with Crippen LogP contribution in [-0.4, -0.2) is 64.7 Å². The second kappa shape index (κ2) is 11.3. The maximum atomic E-state index is 14.1. The molecule has 0 radical (unpaired) electrons. The zero-order valence-electron chi connectivity index (χ0n) is 22.4. The number of aromatic nitrogens is 1. The van der Waals surface area contributed by atoms with Crippen molar-refractivity contribution in [1.82, 2.24) is 14.0 Å². The number of benzene rings is 3. The molecule has 3 N–H and O–H groups in total. The van der Waals surface area contributed by atoms with Gasteiger partial charge in [0.1, 0.15) is 4.90 Å². The van der Waals surface area contributed by atoms with Crippen LogP contribution in [0.25, 0.3) is 10.9 Å². The minimum Gasteiger partial charge on any atom is -0.478 e. The first-order valence-corrected chi connectivity index (χ1v) is 17.3. The summed E-state index contributed by atoms with van der Waals surface area (Å²) >= 11 is 0. The maximum Gasteiger partial charge on any atom is 0.417 e. The average Bonchev–Trinajstić information content (AvgIpc) is 3.43. The molecule has 44 heavy (non-hydrogen) atoms. The van der Waals surface area contributed by atoms with Crippen molar-refractivity contribution in [1.29, 1.82) is 0 Å². The molecule has 1 fully saturated rings. The number of H-pyrrole nitrogens is 1. The molecule has 0 bridgehead atoms. The highest BCUT2D eigenvalue weighted by molar-refractivity contribution is 7.92. The van der Waals surface area contributed by atoms with Gasteiger partial charge in [-0.2, -0.15) is 17.5 Å². The lowest BCUT2D eigenvalue weighted by Crippen LogP contribution is -2.46. The van der Waals surface area contributed by atoms with Crippen LogP contribution < -0.4 is 4.72 Å². The van der Waals surface area contributed by atoms with E-state index in [1.165, 1.54) is 42.5 Å². The fourth-order valence-electron chi connectivity index (χ4n) is 5.03. The van der Waals surface area contributed by atoms with E-state index < -0.39 is 74.3 Å². The Morgan fingerprint density at radius 3 is 2.11 bits per heavy atom. The molecule has 4 aromatic rings. The Labute approximate surface area is 250 Å². The third kappa shape index (κ3) is 5.84. The van der Waals surface area contributed by atoms with Gasteiger partial charge in [-0.15, -0.1) is 0 Å². The zero-order chi connectivity index (χ0) is 32.1. The molecule has 0 saturated carbocycles. The van der Waals surface area contributed by atoms with E-state index in [0.717, 1.165) is 22.6 Å². The fraction of sp³-hybridized carbons (Fsp3) is 0.222. The van der Waals surface area contributed by atoms with Crippen molar-refractivity contribution < 1.29 is 48.3 Å². The number of carbonyl (C=O) groups is 1. The number of hydrogen-bond acceptors (Lipinski definition) is 7. The van der Waals surface area contributed by atoms with E-state index in [4.69, 9.17) is 0 Å². The van der Waals surface area contributed by atoms with Gasteiger partial charge in [-0.25, -0.2) is 34.8 Å². The summed E-state index contributed by atoms with van der Waals surface area (Å²) in [6, 6.07) is 12.1. The number of alkyl halides is 3. The van der Waals surface area contributed by atoms with Gasteiger partial charge >= 0.3 is 12.1 Å². The summed E-state index contributed by atoms with van der Waals surface area (Å²) in [6.45, 7) is -0.318. The lowest BCUT2D eigenvalue weighted by molar-refractivity contribution is -0.136. The summed E-state index contributed by atoms with van der Waals surface area (Å²) in [6.07, 6.45) is -4.32. The molecule has 0 unspecified atom stereocenters. The Bertz CT molecular complexity index is 2070. The number of fused-ring (bicyclic) bond motifs is 1. The number of halogens is 3. The van der Waals surface area contributed by atoms with Gasteiger partial charge in [0.05, 0.1) is 31.3 Å². The van der Waals surface area contributed by atoms with E-state index in [2.05, 4.69) is 9.71 Å². The molecule has 1 aliphatic rings. The first-order chi connectivity index (χ1) is 20.5. The quantitative estimate of drug-likeness (QED) is 0.254. The Kier molecular flexibility index (Phi) is 8.13. The first-order valence-electron chi connectivity index (χ1n) is 12.9. The van der Waals surface area contributed by atoms with Gasteiger partial charge in [-0.05, 0) is 55.3 Å². The number of aromatic carboxylic acids is 1. The van der Waals surface area contributed by atoms with Crippen molar-refractivity contribution in [2.75, 3.05) is 13.1 Å². The second-order valence-corrected chi connectivity index (χ2v) is 15.5. The Morgan fingerprint density at radius 1 is 0.864 bits per heavy atom. The van der Waals surface area contributed by atoms with Crippen LogP contribution >= 0.6 is 0 Å². The third-order valence-corrected chi connectivity index (χ3v) is 12.4. The molecule has 11 nitrogen and oxygen atoms in total. The van der Waals surface area contributed by atoms with E-state index in [1.807, 2.05) is 0 Å². The van der Waals surface area contributed by atoms with E-state index in [-0.39, 0.29) is 41.3 Å². The molecule has 0 spiro atoms. The normalized spacial score (nSPS) is 15.9. The van der Waals surface area contributed by atoms with Crippen molar-refractivity contribution in [3.63, 3.8) is 0 Å². The monoisotopic (exact) mass is 671 g/mol. The molecule has 0 atom stereocenters. The second-order valence-electron chi connectivity index (χ2n) is 9.96. The van der Waals surface area contributed by atoms with Crippen molar-refractivity contribution in [2.24, 2.45) is 0 Å². The summed E-state index contributed by atoms with van der Waals surface area (Å²) in [5.74, 6) is -1.31. The maximum absolute atomic E-state index is 14.1. The number of rotatable bonds is 8. The molecular weight excluding hydrogens is 648 g/mol. The van der Waals surface area contributed by atoms with Gasteiger partial charge in [0.15, 0.2) is 0 Å². The van der Waals surface area contributed by atoms with E-state index >= 15 is 0 Å². The summed E-state index contributed by atoms with van der Waals surface area (Å²) in [5.41, 5.74) is -2.12. The van der Waals surface area contributed by atoms with E-state index in [1.54, 1.807) is 6.07 Å². The van der Waals surface area contributed by atoms with Crippen molar-refractivity contribution in [3.05, 3.63) is 84.1 Å². The fourth-order valence-corrected chi connectivity index (χ4v) is 9.49. The number of piperidine rings is 1. The number of aromatic amines is 1. The van der Waals surface area contributed by atoms with Crippen molar-refractivity contribution >= 4 is 46.8 Å². The van der Waals surface area contributed by atoms with Crippen LogP contribution in [0.3, 0.4) is 0 Å². The number of nitrogens with one attached hydrogen (secondary N) is 2. The van der Waals surface area contributed by atoms with Gasteiger partial charge in [0.25, 0.3) is 0 Å². The number of carboxylic acids is 1. The smallest absolute Gasteiger partial charge is 0.417 e. The molecule has 5 rings (SSSR count). The topological polar surface area (TPSA) is 171 Å². The predicted octanol–water partition coefficient (Wildman–Crippen LogP) is 3.85. The number of carboxylic acid groups (broad SMARTS) is 1. The summed E-state index contributed by atoms with van der Waals surface area (Å²) < 4.78 is 125. The molecule has 1 saturated heterocycles. The van der Waals surface area contributed by atoms with Gasteiger partial charge in [-0.3, -0.25) is 0 Å². The minimum atomic E-state index is -5.03. The standard InChI is InChI=1S/C27H24F3N3O8S3/c28-27(29,30)21-9-10-22(42(36,37)19-6-2-1-3-7-19)25-24(21)23(16-31-25)43(38,39)32-18-11-13-33(14-12-18)44(40,41)20-8-4-5-17(15-20)26(34)35/h1-10,15-16,18,31-32H,11-14H2,(H,34,35). The highest BCUT2D eigenvalue weighted by Crippen LogP contribution is 2.41. The molecule has 1 aliphatic heterocycles. The van der Waals surface area contributed by atoms with Crippen LogP contribution in [0.5, 0.6) is 0 Å². The first kappa shape index (κ1) is 31.6. The van der Waals surface area contributed by atoms with Crippen LogP contribution in [0, 0.1) is 0 Å². The van der Waals surface area contributed by atoms with Gasteiger partial charge in [0, 0.05) is 30.7 Å². The van der Waals surface area contributed by atoms with Gasteiger partial charge in [-0.1, -0.05) is 24.3 Å².